The minimum Gasteiger partial charge on any atom is -0.493 e. The van der Waals surface area contributed by atoms with Gasteiger partial charge in [0.15, 0.2) is 11.5 Å². The lowest BCUT2D eigenvalue weighted by Gasteiger charge is -2.36. The third kappa shape index (κ3) is 4.37. The maximum atomic E-state index is 6.13. The fourth-order valence-corrected chi connectivity index (χ4v) is 6.65. The van der Waals surface area contributed by atoms with Crippen molar-refractivity contribution in [3.8, 4) is 23.0 Å². The number of nitrogens with zero attached hydrogens (tertiary/aromatic N) is 2. The van der Waals surface area contributed by atoms with Crippen LogP contribution in [0.5, 0.6) is 11.5 Å². The molecule has 0 fully saturated rings. The van der Waals surface area contributed by atoms with Gasteiger partial charge < -0.3 is 13.9 Å². The summed E-state index contributed by atoms with van der Waals surface area (Å²) in [6, 6.07) is 16.8. The summed E-state index contributed by atoms with van der Waals surface area (Å²) in [7, 11) is 3.27. The minimum absolute atomic E-state index is 0.226. The largest absolute Gasteiger partial charge is 0.493 e. The number of methoxy groups -OCH3 is 2. The summed E-state index contributed by atoms with van der Waals surface area (Å²) in [5.41, 5.74) is 6.28. The second-order valence-corrected chi connectivity index (χ2v) is 10.2. The number of aryl methyl sites for hydroxylation is 2. The van der Waals surface area contributed by atoms with Gasteiger partial charge in [-0.05, 0) is 61.6 Å². The Morgan fingerprint density at radius 3 is 2.54 bits per heavy atom. The minimum atomic E-state index is 0.226. The highest BCUT2D eigenvalue weighted by molar-refractivity contribution is 7.12. The van der Waals surface area contributed by atoms with Crippen LogP contribution in [-0.2, 0) is 19.4 Å². The Bertz CT molecular complexity index is 1330. The first-order chi connectivity index (χ1) is 17.0. The van der Waals surface area contributed by atoms with Crippen molar-refractivity contribution in [2.75, 3.05) is 20.8 Å². The number of fused-ring (bicyclic) bond motifs is 1. The number of benzene rings is 2. The van der Waals surface area contributed by atoms with Crippen LogP contribution in [0.15, 0.2) is 52.9 Å². The topological polar surface area (TPSA) is 47.7 Å². The molecular weight excluding hydrogens is 456 g/mol. The van der Waals surface area contributed by atoms with Crippen LogP contribution in [0, 0.1) is 13.8 Å². The van der Waals surface area contributed by atoms with Crippen LogP contribution >= 0.6 is 11.3 Å². The Kier molecular flexibility index (Phi) is 6.67. The number of hydrogen-bond acceptors (Lipinski definition) is 6. The molecule has 2 aromatic carbocycles. The summed E-state index contributed by atoms with van der Waals surface area (Å²) in [4.78, 5) is 10.4. The molecule has 0 bridgehead atoms. The monoisotopic (exact) mass is 488 g/mol. The Balaban J connectivity index is 1.49. The van der Waals surface area contributed by atoms with Crippen molar-refractivity contribution in [3.05, 3.63) is 86.4 Å². The van der Waals surface area contributed by atoms with Gasteiger partial charge in [0.2, 0.25) is 5.89 Å². The molecule has 0 amide bonds. The molecule has 182 valence electrons. The second-order valence-electron chi connectivity index (χ2n) is 8.96. The van der Waals surface area contributed by atoms with Gasteiger partial charge in [-0.1, -0.05) is 37.3 Å². The predicted octanol–water partition coefficient (Wildman–Crippen LogP) is 6.75. The summed E-state index contributed by atoms with van der Waals surface area (Å²) >= 11 is 1.96. The van der Waals surface area contributed by atoms with E-state index in [1.807, 2.05) is 36.5 Å². The van der Waals surface area contributed by atoms with E-state index < -0.39 is 0 Å². The molecule has 0 saturated heterocycles. The molecule has 2 aromatic heterocycles. The highest BCUT2D eigenvalue weighted by Crippen LogP contribution is 2.43. The zero-order valence-electron chi connectivity index (χ0n) is 21.1. The molecule has 0 unspecified atom stereocenters. The van der Waals surface area contributed by atoms with Crippen molar-refractivity contribution in [3.63, 3.8) is 0 Å². The molecule has 0 aliphatic carbocycles. The van der Waals surface area contributed by atoms with Gasteiger partial charge in [-0.2, -0.15) is 0 Å². The van der Waals surface area contributed by atoms with Gasteiger partial charge in [0.05, 0.1) is 26.0 Å². The third-order valence-electron chi connectivity index (χ3n) is 6.96. The predicted molar refractivity (Wildman–Crippen MR) is 141 cm³/mol. The Morgan fingerprint density at radius 1 is 1.06 bits per heavy atom. The zero-order valence-corrected chi connectivity index (χ0v) is 21.9. The zero-order chi connectivity index (χ0) is 24.5. The van der Waals surface area contributed by atoms with E-state index >= 15 is 0 Å². The first-order valence-corrected chi connectivity index (χ1v) is 12.9. The SMILES string of the molecule is CCc1c(C)sc2c1CCN(Cc1nc(-c3ccc(OC)c(OC)c3)oc1C)[C@H]2c1ccccc1. The number of oxazole rings is 1. The van der Waals surface area contributed by atoms with Gasteiger partial charge in [0.1, 0.15) is 5.76 Å². The van der Waals surface area contributed by atoms with Crippen LogP contribution in [0.4, 0.5) is 0 Å². The number of thiophene rings is 1. The molecule has 5 nitrogen and oxygen atoms in total. The van der Waals surface area contributed by atoms with Crippen LogP contribution in [0.2, 0.25) is 0 Å². The third-order valence-corrected chi connectivity index (χ3v) is 8.20. The van der Waals surface area contributed by atoms with Gasteiger partial charge in [-0.15, -0.1) is 11.3 Å². The van der Waals surface area contributed by atoms with Crippen LogP contribution < -0.4 is 9.47 Å². The van der Waals surface area contributed by atoms with Crippen molar-refractivity contribution in [1.82, 2.24) is 9.88 Å². The molecule has 4 aromatic rings. The first kappa shape index (κ1) is 23.6. The van der Waals surface area contributed by atoms with E-state index in [4.69, 9.17) is 18.9 Å². The van der Waals surface area contributed by atoms with E-state index in [0.29, 0.717) is 17.4 Å². The van der Waals surface area contributed by atoms with E-state index in [-0.39, 0.29) is 6.04 Å². The Hall–Kier alpha value is -3.09. The van der Waals surface area contributed by atoms with E-state index in [2.05, 4.69) is 49.1 Å². The maximum absolute atomic E-state index is 6.13. The molecule has 1 atom stereocenters. The fourth-order valence-electron chi connectivity index (χ4n) is 5.18. The lowest BCUT2D eigenvalue weighted by atomic mass is 9.91. The summed E-state index contributed by atoms with van der Waals surface area (Å²) < 4.78 is 17.0. The quantitative estimate of drug-likeness (QED) is 0.288. The summed E-state index contributed by atoms with van der Waals surface area (Å²) in [6.07, 6.45) is 2.17. The first-order valence-electron chi connectivity index (χ1n) is 12.1. The highest BCUT2D eigenvalue weighted by Gasteiger charge is 2.33. The molecular formula is C29H32N2O3S. The number of rotatable bonds is 7. The van der Waals surface area contributed by atoms with Gasteiger partial charge in [-0.3, -0.25) is 4.90 Å². The second kappa shape index (κ2) is 9.88. The molecule has 0 spiro atoms. The average molecular weight is 489 g/mol. The fraction of sp³-hybridized carbons (Fsp3) is 0.345. The normalized spacial score (nSPS) is 15.7. The molecule has 0 N–H and O–H groups in total. The molecule has 5 rings (SSSR count). The molecule has 35 heavy (non-hydrogen) atoms. The van der Waals surface area contributed by atoms with E-state index in [9.17, 15) is 0 Å². The van der Waals surface area contributed by atoms with E-state index in [1.54, 1.807) is 25.3 Å². The smallest absolute Gasteiger partial charge is 0.226 e. The van der Waals surface area contributed by atoms with Crippen molar-refractivity contribution in [2.24, 2.45) is 0 Å². The number of aromatic nitrogens is 1. The number of ether oxygens (including phenoxy) is 2. The average Bonchev–Trinajstić information content (AvgIpc) is 3.42. The maximum Gasteiger partial charge on any atom is 0.226 e. The van der Waals surface area contributed by atoms with Gasteiger partial charge >= 0.3 is 0 Å². The molecule has 6 heteroatoms. The van der Waals surface area contributed by atoms with Gasteiger partial charge in [-0.25, -0.2) is 4.98 Å². The Morgan fingerprint density at radius 2 is 1.83 bits per heavy atom. The number of hydrogen-bond donors (Lipinski definition) is 0. The summed E-state index contributed by atoms with van der Waals surface area (Å²) in [5.74, 6) is 2.80. The highest BCUT2D eigenvalue weighted by atomic mass is 32.1. The molecule has 1 aliphatic heterocycles. The van der Waals surface area contributed by atoms with Crippen molar-refractivity contribution in [1.29, 1.82) is 0 Å². The lowest BCUT2D eigenvalue weighted by molar-refractivity contribution is 0.204. The molecule has 1 aliphatic rings. The van der Waals surface area contributed by atoms with Gasteiger partial charge in [0.25, 0.3) is 0 Å². The van der Waals surface area contributed by atoms with Crippen LogP contribution in [-0.4, -0.2) is 30.6 Å². The lowest BCUT2D eigenvalue weighted by Crippen LogP contribution is -2.35. The molecule has 0 saturated carbocycles. The van der Waals surface area contributed by atoms with Crippen molar-refractivity contribution < 1.29 is 13.9 Å². The Labute approximate surface area is 211 Å². The van der Waals surface area contributed by atoms with Crippen LogP contribution in [0.3, 0.4) is 0 Å². The van der Waals surface area contributed by atoms with E-state index in [1.165, 1.54) is 15.3 Å². The molecule has 0 radical (unpaired) electrons. The van der Waals surface area contributed by atoms with E-state index in [0.717, 1.165) is 42.9 Å². The van der Waals surface area contributed by atoms with Gasteiger partial charge in [0, 0.05) is 28.4 Å². The van der Waals surface area contributed by atoms with Crippen LogP contribution in [0.1, 0.15) is 50.9 Å². The molecule has 3 heterocycles. The van der Waals surface area contributed by atoms with Crippen LogP contribution in [0.25, 0.3) is 11.5 Å². The van der Waals surface area contributed by atoms with Crippen molar-refractivity contribution >= 4 is 11.3 Å². The summed E-state index contributed by atoms with van der Waals surface area (Å²) in [5, 5.41) is 0. The van der Waals surface area contributed by atoms with Crippen molar-refractivity contribution in [2.45, 2.75) is 46.2 Å². The summed E-state index contributed by atoms with van der Waals surface area (Å²) in [6.45, 7) is 8.27. The standard InChI is InChI=1S/C29H32N2O3S/c1-6-22-19(3)35-28-23(22)14-15-31(27(28)20-10-8-7-9-11-20)17-24-18(2)34-29(30-24)21-12-13-25(32-4)26(16-21)33-5/h7-13,16,27H,6,14-15,17H2,1-5H3/t27-/m0/s1.